The first-order valence-corrected chi connectivity index (χ1v) is 6.90. The van der Waals surface area contributed by atoms with E-state index in [1.807, 2.05) is 11.1 Å². The highest BCUT2D eigenvalue weighted by Gasteiger charge is 2.44. The molecule has 0 N–H and O–H groups in total. The first kappa shape index (κ1) is 11.2. The Kier molecular flexibility index (Phi) is 3.23. The van der Waals surface area contributed by atoms with Gasteiger partial charge >= 0.3 is 0 Å². The predicted molar refractivity (Wildman–Crippen MR) is 66.8 cm³/mol. The minimum absolute atomic E-state index is 0.903. The summed E-state index contributed by atoms with van der Waals surface area (Å²) in [4.78, 5) is 0. The van der Waals surface area contributed by atoms with Crippen LogP contribution < -0.4 is 0 Å². The van der Waals surface area contributed by atoms with Crippen molar-refractivity contribution in [3.05, 3.63) is 11.1 Å². The van der Waals surface area contributed by atoms with E-state index in [4.69, 9.17) is 0 Å². The van der Waals surface area contributed by atoms with Gasteiger partial charge in [0.2, 0.25) is 0 Å². The number of rotatable bonds is 5. The molecule has 2 fully saturated rings. The topological polar surface area (TPSA) is 0 Å². The third-order valence-corrected chi connectivity index (χ3v) is 4.37. The predicted octanol–water partition coefficient (Wildman–Crippen LogP) is 4.81. The Balaban J connectivity index is 1.96. The molecule has 0 heterocycles. The quantitative estimate of drug-likeness (QED) is 0.566. The Bertz CT molecular complexity index is 259. The van der Waals surface area contributed by atoms with Gasteiger partial charge in [0.1, 0.15) is 0 Å². The second-order valence-electron chi connectivity index (χ2n) is 5.84. The highest BCUT2D eigenvalue weighted by atomic mass is 14.5. The standard InChI is InChI=1S/C15H26/c1-5-7-11-8-14(11)12(6-2)15-9-13(15)10(3)4/h10-11,13,15H,5-9H2,1-4H3. The Morgan fingerprint density at radius 1 is 1.33 bits per heavy atom. The molecule has 0 radical (unpaired) electrons. The molecular formula is C15H26. The molecule has 2 aliphatic rings. The molecule has 0 aromatic heterocycles. The summed E-state index contributed by atoms with van der Waals surface area (Å²) >= 11 is 0. The summed E-state index contributed by atoms with van der Waals surface area (Å²) < 4.78 is 0. The molecule has 86 valence electrons. The lowest BCUT2D eigenvalue weighted by atomic mass is 9.99. The van der Waals surface area contributed by atoms with Crippen LogP contribution >= 0.6 is 0 Å². The third-order valence-electron chi connectivity index (χ3n) is 4.37. The van der Waals surface area contributed by atoms with Gasteiger partial charge in [-0.3, -0.25) is 0 Å². The van der Waals surface area contributed by atoms with Crippen LogP contribution in [0.4, 0.5) is 0 Å². The number of hydrogen-bond donors (Lipinski definition) is 0. The van der Waals surface area contributed by atoms with Gasteiger partial charge in [-0.2, -0.15) is 0 Å². The molecular weight excluding hydrogens is 180 g/mol. The molecule has 2 rings (SSSR count). The third kappa shape index (κ3) is 2.29. The Labute approximate surface area is 95.1 Å². The van der Waals surface area contributed by atoms with Crippen LogP contribution in [0.15, 0.2) is 11.1 Å². The van der Waals surface area contributed by atoms with Gasteiger partial charge in [-0.05, 0) is 49.4 Å². The van der Waals surface area contributed by atoms with E-state index in [0.29, 0.717) is 0 Å². The lowest BCUT2D eigenvalue weighted by Gasteiger charge is -2.06. The monoisotopic (exact) mass is 206 g/mol. The highest BCUT2D eigenvalue weighted by molar-refractivity contribution is 5.34. The van der Waals surface area contributed by atoms with E-state index >= 15 is 0 Å². The van der Waals surface area contributed by atoms with Crippen molar-refractivity contribution < 1.29 is 0 Å². The van der Waals surface area contributed by atoms with Crippen LogP contribution in [-0.2, 0) is 0 Å². The maximum Gasteiger partial charge on any atom is -0.0163 e. The summed E-state index contributed by atoms with van der Waals surface area (Å²) in [5.74, 6) is 3.92. The Morgan fingerprint density at radius 2 is 2.07 bits per heavy atom. The Hall–Kier alpha value is -0.260. The van der Waals surface area contributed by atoms with Gasteiger partial charge in [0, 0.05) is 0 Å². The summed E-state index contributed by atoms with van der Waals surface area (Å²) in [5.41, 5.74) is 3.74. The summed E-state index contributed by atoms with van der Waals surface area (Å²) in [6, 6.07) is 0. The molecule has 0 aromatic carbocycles. The number of allylic oxidation sites excluding steroid dienone is 2. The first-order chi connectivity index (χ1) is 7.19. The van der Waals surface area contributed by atoms with Crippen molar-refractivity contribution in [2.24, 2.45) is 23.7 Å². The first-order valence-electron chi connectivity index (χ1n) is 6.90. The van der Waals surface area contributed by atoms with Crippen molar-refractivity contribution >= 4 is 0 Å². The molecule has 0 bridgehead atoms. The maximum atomic E-state index is 2.39. The summed E-state index contributed by atoms with van der Waals surface area (Å²) in [6.45, 7) is 9.45. The normalized spacial score (nSPS) is 37.0. The van der Waals surface area contributed by atoms with Gasteiger partial charge in [0.15, 0.2) is 0 Å². The highest BCUT2D eigenvalue weighted by Crippen LogP contribution is 2.55. The van der Waals surface area contributed by atoms with Crippen molar-refractivity contribution in [3.63, 3.8) is 0 Å². The van der Waals surface area contributed by atoms with Crippen molar-refractivity contribution in [2.75, 3.05) is 0 Å². The molecule has 0 saturated heterocycles. The van der Waals surface area contributed by atoms with Crippen LogP contribution in [0.3, 0.4) is 0 Å². The van der Waals surface area contributed by atoms with Gasteiger partial charge in [-0.1, -0.05) is 45.3 Å². The zero-order valence-corrected chi connectivity index (χ0v) is 10.8. The van der Waals surface area contributed by atoms with E-state index in [-0.39, 0.29) is 0 Å². The lowest BCUT2D eigenvalue weighted by Crippen LogP contribution is -1.95. The van der Waals surface area contributed by atoms with Crippen LogP contribution in [0, 0.1) is 23.7 Å². The fourth-order valence-electron chi connectivity index (χ4n) is 3.30. The van der Waals surface area contributed by atoms with Crippen molar-refractivity contribution in [2.45, 2.75) is 59.8 Å². The molecule has 0 spiro atoms. The second kappa shape index (κ2) is 4.31. The molecule has 3 unspecified atom stereocenters. The summed E-state index contributed by atoms with van der Waals surface area (Å²) in [5, 5.41) is 0. The fourth-order valence-corrected chi connectivity index (χ4v) is 3.30. The van der Waals surface area contributed by atoms with Crippen LogP contribution in [0.1, 0.15) is 59.8 Å². The average molecular weight is 206 g/mol. The van der Waals surface area contributed by atoms with Crippen molar-refractivity contribution in [1.82, 2.24) is 0 Å². The Morgan fingerprint density at radius 3 is 2.53 bits per heavy atom. The average Bonchev–Trinajstić information content (AvgIpc) is 3.03. The molecule has 3 atom stereocenters. The van der Waals surface area contributed by atoms with Gasteiger partial charge in [-0.25, -0.2) is 0 Å². The zero-order valence-electron chi connectivity index (χ0n) is 10.8. The molecule has 2 aliphatic carbocycles. The molecule has 0 nitrogen and oxygen atoms in total. The maximum absolute atomic E-state index is 2.39. The molecule has 0 amide bonds. The second-order valence-corrected chi connectivity index (χ2v) is 5.84. The van der Waals surface area contributed by atoms with Crippen LogP contribution in [0.5, 0.6) is 0 Å². The van der Waals surface area contributed by atoms with E-state index in [1.165, 1.54) is 32.1 Å². The summed E-state index contributed by atoms with van der Waals surface area (Å²) in [7, 11) is 0. The fraction of sp³-hybridized carbons (Fsp3) is 0.867. The zero-order chi connectivity index (χ0) is 11.0. The van der Waals surface area contributed by atoms with Gasteiger partial charge < -0.3 is 0 Å². The molecule has 15 heavy (non-hydrogen) atoms. The van der Waals surface area contributed by atoms with E-state index in [0.717, 1.165) is 23.7 Å². The van der Waals surface area contributed by atoms with Crippen LogP contribution in [0.2, 0.25) is 0 Å². The summed E-state index contributed by atoms with van der Waals surface area (Å²) in [6.07, 6.45) is 7.06. The molecule has 0 aromatic rings. The largest absolute Gasteiger partial charge is 0.0676 e. The minimum atomic E-state index is 0.903. The van der Waals surface area contributed by atoms with E-state index in [9.17, 15) is 0 Å². The van der Waals surface area contributed by atoms with E-state index in [1.54, 1.807) is 0 Å². The van der Waals surface area contributed by atoms with Gasteiger partial charge in [-0.15, -0.1) is 0 Å². The van der Waals surface area contributed by atoms with E-state index < -0.39 is 0 Å². The van der Waals surface area contributed by atoms with E-state index in [2.05, 4.69) is 27.7 Å². The van der Waals surface area contributed by atoms with Crippen LogP contribution in [-0.4, -0.2) is 0 Å². The molecule has 0 aliphatic heterocycles. The number of hydrogen-bond acceptors (Lipinski definition) is 0. The van der Waals surface area contributed by atoms with Crippen LogP contribution in [0.25, 0.3) is 0 Å². The smallest absolute Gasteiger partial charge is 0.0163 e. The van der Waals surface area contributed by atoms with Crippen molar-refractivity contribution in [3.8, 4) is 0 Å². The lowest BCUT2D eigenvalue weighted by molar-refractivity contribution is 0.532. The van der Waals surface area contributed by atoms with Crippen molar-refractivity contribution in [1.29, 1.82) is 0 Å². The van der Waals surface area contributed by atoms with Gasteiger partial charge in [0.25, 0.3) is 0 Å². The SMILES string of the molecule is CCCC1CC1=C(CC)C1CC1C(C)C. The molecule has 2 saturated carbocycles. The van der Waals surface area contributed by atoms with Gasteiger partial charge in [0.05, 0.1) is 0 Å². The minimum Gasteiger partial charge on any atom is -0.0676 e. The molecule has 0 heteroatoms.